The van der Waals surface area contributed by atoms with Gasteiger partial charge < -0.3 is 16.4 Å². The first-order chi connectivity index (χ1) is 7.75. The van der Waals surface area contributed by atoms with E-state index < -0.39 is 0 Å². The summed E-state index contributed by atoms with van der Waals surface area (Å²) in [5.74, 6) is 0. The van der Waals surface area contributed by atoms with E-state index in [1.54, 1.807) is 0 Å². The zero-order valence-corrected chi connectivity index (χ0v) is 9.20. The molecule has 0 unspecified atom stereocenters. The molecule has 1 aromatic carbocycles. The van der Waals surface area contributed by atoms with Gasteiger partial charge in [0.25, 0.3) is 0 Å². The molecule has 1 aromatic rings. The van der Waals surface area contributed by atoms with Gasteiger partial charge in [0.1, 0.15) is 0 Å². The monoisotopic (exact) mass is 219 g/mol. The number of carbonyl (C=O) groups excluding carboxylic acids is 1. The summed E-state index contributed by atoms with van der Waals surface area (Å²) in [4.78, 5) is 11.5. The van der Waals surface area contributed by atoms with Crippen molar-refractivity contribution in [2.45, 2.75) is 31.8 Å². The third-order valence-corrected chi connectivity index (χ3v) is 2.93. The summed E-state index contributed by atoms with van der Waals surface area (Å²) in [6.07, 6.45) is 3.42. The summed E-state index contributed by atoms with van der Waals surface area (Å²) in [7, 11) is 0. The fraction of sp³-hybridized carbons (Fsp3) is 0.417. The van der Waals surface area contributed by atoms with E-state index in [1.165, 1.54) is 6.42 Å². The Balaban J connectivity index is 1.78. The minimum Gasteiger partial charge on any atom is -0.398 e. The number of para-hydroxylation sites is 1. The zero-order valence-electron chi connectivity index (χ0n) is 9.20. The molecule has 1 saturated carbocycles. The molecular formula is C12H17N3O. The highest BCUT2D eigenvalue weighted by Gasteiger charge is 2.18. The van der Waals surface area contributed by atoms with Crippen molar-refractivity contribution in [1.29, 1.82) is 0 Å². The predicted octanol–water partition coefficient (Wildman–Crippen LogP) is 1.62. The van der Waals surface area contributed by atoms with E-state index in [2.05, 4.69) is 10.6 Å². The van der Waals surface area contributed by atoms with Crippen molar-refractivity contribution in [2.24, 2.45) is 0 Å². The molecule has 0 radical (unpaired) electrons. The van der Waals surface area contributed by atoms with Gasteiger partial charge in [-0.2, -0.15) is 0 Å². The highest BCUT2D eigenvalue weighted by atomic mass is 16.2. The number of anilines is 1. The van der Waals surface area contributed by atoms with Gasteiger partial charge >= 0.3 is 6.03 Å². The van der Waals surface area contributed by atoms with Crippen LogP contribution in [0.25, 0.3) is 0 Å². The second-order valence-corrected chi connectivity index (χ2v) is 4.15. The topological polar surface area (TPSA) is 67.1 Å². The number of nitrogens with two attached hydrogens (primary N) is 1. The van der Waals surface area contributed by atoms with Gasteiger partial charge in [-0.3, -0.25) is 0 Å². The molecular weight excluding hydrogens is 202 g/mol. The van der Waals surface area contributed by atoms with Crippen molar-refractivity contribution < 1.29 is 4.79 Å². The van der Waals surface area contributed by atoms with Gasteiger partial charge in [0, 0.05) is 18.3 Å². The molecule has 0 atom stereocenters. The van der Waals surface area contributed by atoms with Crippen molar-refractivity contribution >= 4 is 11.7 Å². The molecule has 2 rings (SSSR count). The van der Waals surface area contributed by atoms with Crippen LogP contribution in [0, 0.1) is 0 Å². The van der Waals surface area contributed by atoms with Crippen LogP contribution in [0.1, 0.15) is 24.8 Å². The third kappa shape index (κ3) is 2.66. The van der Waals surface area contributed by atoms with Gasteiger partial charge in [0.15, 0.2) is 0 Å². The normalized spacial score (nSPS) is 15.2. The van der Waals surface area contributed by atoms with Crippen LogP contribution in [0.15, 0.2) is 24.3 Å². The molecule has 0 saturated heterocycles. The second kappa shape index (κ2) is 4.88. The summed E-state index contributed by atoms with van der Waals surface area (Å²) in [5, 5.41) is 5.72. The molecule has 86 valence electrons. The number of nitrogens with one attached hydrogen (secondary N) is 2. The van der Waals surface area contributed by atoms with E-state index in [0.29, 0.717) is 18.3 Å². The maximum Gasteiger partial charge on any atom is 0.315 e. The highest BCUT2D eigenvalue weighted by Crippen LogP contribution is 2.17. The molecule has 16 heavy (non-hydrogen) atoms. The molecule has 1 aliphatic carbocycles. The van der Waals surface area contributed by atoms with Crippen LogP contribution in [-0.2, 0) is 6.54 Å². The molecule has 1 aliphatic rings. The Labute approximate surface area is 95.2 Å². The average molecular weight is 219 g/mol. The van der Waals surface area contributed by atoms with Crippen molar-refractivity contribution in [3.05, 3.63) is 29.8 Å². The largest absolute Gasteiger partial charge is 0.398 e. The number of hydrogen-bond acceptors (Lipinski definition) is 2. The van der Waals surface area contributed by atoms with Crippen LogP contribution >= 0.6 is 0 Å². The number of carbonyl (C=O) groups is 1. The lowest BCUT2D eigenvalue weighted by molar-refractivity contribution is 0.228. The maximum absolute atomic E-state index is 11.5. The summed E-state index contributed by atoms with van der Waals surface area (Å²) in [6, 6.07) is 7.81. The SMILES string of the molecule is Nc1ccccc1CNC(=O)NC1CCC1. The van der Waals surface area contributed by atoms with Crippen LogP contribution in [0.2, 0.25) is 0 Å². The summed E-state index contributed by atoms with van der Waals surface area (Å²) < 4.78 is 0. The molecule has 0 heterocycles. The lowest BCUT2D eigenvalue weighted by Gasteiger charge is -2.26. The molecule has 0 spiro atoms. The summed E-state index contributed by atoms with van der Waals surface area (Å²) in [6.45, 7) is 0.477. The molecule has 2 amide bonds. The van der Waals surface area contributed by atoms with Crippen molar-refractivity contribution in [3.8, 4) is 0 Å². The van der Waals surface area contributed by atoms with Gasteiger partial charge in [-0.05, 0) is 30.9 Å². The van der Waals surface area contributed by atoms with E-state index in [9.17, 15) is 4.79 Å². The first-order valence-corrected chi connectivity index (χ1v) is 5.63. The Bertz CT molecular complexity index is 374. The van der Waals surface area contributed by atoms with Crippen molar-refractivity contribution in [1.82, 2.24) is 10.6 Å². The van der Waals surface area contributed by atoms with Crippen LogP contribution < -0.4 is 16.4 Å². The van der Waals surface area contributed by atoms with Crippen molar-refractivity contribution in [2.75, 3.05) is 5.73 Å². The summed E-state index contributed by atoms with van der Waals surface area (Å²) in [5.41, 5.74) is 7.44. The van der Waals surface area contributed by atoms with Gasteiger partial charge in [-0.15, -0.1) is 0 Å². The minimum atomic E-state index is -0.104. The Morgan fingerprint density at radius 1 is 1.38 bits per heavy atom. The number of amides is 2. The van der Waals surface area contributed by atoms with Crippen LogP contribution in [0.5, 0.6) is 0 Å². The van der Waals surface area contributed by atoms with Gasteiger partial charge in [-0.1, -0.05) is 18.2 Å². The quantitative estimate of drug-likeness (QED) is 0.676. The lowest BCUT2D eigenvalue weighted by atomic mass is 9.93. The number of rotatable bonds is 3. The standard InChI is InChI=1S/C12H17N3O/c13-11-7-2-1-4-9(11)8-14-12(16)15-10-5-3-6-10/h1-2,4,7,10H,3,5-6,8,13H2,(H2,14,15,16). The molecule has 4 heteroatoms. The predicted molar refractivity (Wildman–Crippen MR) is 63.9 cm³/mol. The van der Waals surface area contributed by atoms with Crippen LogP contribution in [-0.4, -0.2) is 12.1 Å². The third-order valence-electron chi connectivity index (χ3n) is 2.93. The number of hydrogen-bond donors (Lipinski definition) is 3. The Hall–Kier alpha value is -1.71. The lowest BCUT2D eigenvalue weighted by Crippen LogP contribution is -2.44. The van der Waals surface area contributed by atoms with E-state index in [-0.39, 0.29) is 6.03 Å². The number of nitrogen functional groups attached to an aromatic ring is 1. The smallest absolute Gasteiger partial charge is 0.315 e. The first-order valence-electron chi connectivity index (χ1n) is 5.63. The molecule has 4 N–H and O–H groups in total. The number of benzene rings is 1. The van der Waals surface area contributed by atoms with Crippen LogP contribution in [0.4, 0.5) is 10.5 Å². The van der Waals surface area contributed by atoms with E-state index >= 15 is 0 Å². The minimum absolute atomic E-state index is 0.104. The molecule has 0 aromatic heterocycles. The van der Waals surface area contributed by atoms with E-state index in [1.807, 2.05) is 24.3 Å². The van der Waals surface area contributed by atoms with Gasteiger partial charge in [-0.25, -0.2) is 4.79 Å². The Kier molecular flexibility index (Phi) is 3.29. The van der Waals surface area contributed by atoms with Crippen molar-refractivity contribution in [3.63, 3.8) is 0 Å². The summed E-state index contributed by atoms with van der Waals surface area (Å²) >= 11 is 0. The average Bonchev–Trinajstić information content (AvgIpc) is 2.22. The Morgan fingerprint density at radius 2 is 2.12 bits per heavy atom. The highest BCUT2D eigenvalue weighted by molar-refractivity contribution is 5.74. The molecule has 4 nitrogen and oxygen atoms in total. The molecule has 0 aliphatic heterocycles. The fourth-order valence-electron chi connectivity index (χ4n) is 1.66. The van der Waals surface area contributed by atoms with E-state index in [4.69, 9.17) is 5.73 Å². The van der Waals surface area contributed by atoms with Gasteiger partial charge in [0.05, 0.1) is 0 Å². The maximum atomic E-state index is 11.5. The fourth-order valence-corrected chi connectivity index (χ4v) is 1.66. The van der Waals surface area contributed by atoms with Gasteiger partial charge in [0.2, 0.25) is 0 Å². The molecule has 1 fully saturated rings. The first kappa shape index (κ1) is 10.8. The second-order valence-electron chi connectivity index (χ2n) is 4.15. The zero-order chi connectivity index (χ0) is 11.4. The van der Waals surface area contributed by atoms with E-state index in [0.717, 1.165) is 18.4 Å². The molecule has 0 bridgehead atoms. The van der Waals surface area contributed by atoms with Crippen LogP contribution in [0.3, 0.4) is 0 Å². The Morgan fingerprint density at radius 3 is 2.75 bits per heavy atom. The number of urea groups is 1.